The summed E-state index contributed by atoms with van der Waals surface area (Å²) >= 11 is 0. The maximum Gasteiger partial charge on any atom is 0.247 e. The van der Waals surface area contributed by atoms with Crippen molar-refractivity contribution >= 4 is 17.4 Å². The number of pyridine rings is 1. The van der Waals surface area contributed by atoms with E-state index < -0.39 is 0 Å². The van der Waals surface area contributed by atoms with Gasteiger partial charge in [0.2, 0.25) is 5.91 Å². The molecule has 1 aliphatic heterocycles. The first-order chi connectivity index (χ1) is 14.6. The van der Waals surface area contributed by atoms with Crippen molar-refractivity contribution < 1.29 is 4.79 Å². The van der Waals surface area contributed by atoms with Crippen molar-refractivity contribution in [3.05, 3.63) is 66.6 Å². The Morgan fingerprint density at radius 2 is 1.80 bits per heavy atom. The first-order valence-electron chi connectivity index (χ1n) is 10.5. The summed E-state index contributed by atoms with van der Waals surface area (Å²) in [4.78, 5) is 28.7. The second-order valence-electron chi connectivity index (χ2n) is 7.96. The Kier molecular flexibility index (Phi) is 6.02. The molecule has 1 amide bonds. The van der Waals surface area contributed by atoms with Gasteiger partial charge in [0.25, 0.3) is 0 Å². The maximum atomic E-state index is 13.3. The largest absolute Gasteiger partial charge is 0.345 e. The summed E-state index contributed by atoms with van der Waals surface area (Å²) in [7, 11) is 0. The van der Waals surface area contributed by atoms with Crippen LogP contribution in [0.1, 0.15) is 31.7 Å². The van der Waals surface area contributed by atoms with Gasteiger partial charge in [0.1, 0.15) is 11.9 Å². The van der Waals surface area contributed by atoms with Crippen molar-refractivity contribution in [2.45, 2.75) is 39.2 Å². The van der Waals surface area contributed by atoms with Gasteiger partial charge in [-0.15, -0.1) is 0 Å². The Hall–Kier alpha value is -3.28. The van der Waals surface area contributed by atoms with E-state index in [2.05, 4.69) is 32.1 Å². The number of carbonyl (C=O) groups excluding carboxylic acids is 1. The quantitative estimate of drug-likeness (QED) is 0.698. The first-order valence-corrected chi connectivity index (χ1v) is 10.5. The molecule has 0 spiro atoms. The summed E-state index contributed by atoms with van der Waals surface area (Å²) in [6.45, 7) is 5.10. The zero-order chi connectivity index (χ0) is 20.9. The van der Waals surface area contributed by atoms with E-state index in [1.54, 1.807) is 24.7 Å². The van der Waals surface area contributed by atoms with Crippen molar-refractivity contribution in [3.63, 3.8) is 0 Å². The van der Waals surface area contributed by atoms with Crippen LogP contribution in [0.5, 0.6) is 0 Å². The molecule has 154 valence electrons. The average Bonchev–Trinajstić information content (AvgIpc) is 2.98. The lowest BCUT2D eigenvalue weighted by Gasteiger charge is -2.30. The van der Waals surface area contributed by atoms with Crippen LogP contribution in [0.2, 0.25) is 0 Å². The number of hydrogen-bond acceptors (Lipinski definition) is 5. The molecule has 1 unspecified atom stereocenters. The van der Waals surface area contributed by atoms with Crippen LogP contribution in [0.15, 0.2) is 61.1 Å². The van der Waals surface area contributed by atoms with Crippen LogP contribution in [-0.4, -0.2) is 33.4 Å². The van der Waals surface area contributed by atoms with Gasteiger partial charge in [0.15, 0.2) is 5.82 Å². The zero-order valence-electron chi connectivity index (χ0n) is 17.5. The monoisotopic (exact) mass is 401 g/mol. The number of rotatable bonds is 4. The van der Waals surface area contributed by atoms with Crippen molar-refractivity contribution in [3.8, 4) is 11.4 Å². The molecule has 0 radical (unpaired) electrons. The molecule has 6 nitrogen and oxygen atoms in total. The molecule has 2 aromatic heterocycles. The Labute approximate surface area is 177 Å². The highest BCUT2D eigenvalue weighted by molar-refractivity contribution is 5.97. The summed E-state index contributed by atoms with van der Waals surface area (Å²) in [5.74, 6) is 2.10. The van der Waals surface area contributed by atoms with Gasteiger partial charge in [0, 0.05) is 36.4 Å². The van der Waals surface area contributed by atoms with E-state index >= 15 is 0 Å². The van der Waals surface area contributed by atoms with Gasteiger partial charge in [-0.25, -0.2) is 15.0 Å². The third kappa shape index (κ3) is 4.48. The van der Waals surface area contributed by atoms with E-state index in [0.29, 0.717) is 11.7 Å². The minimum atomic E-state index is -0.248. The van der Waals surface area contributed by atoms with E-state index in [0.717, 1.165) is 48.4 Å². The number of anilines is 2. The summed E-state index contributed by atoms with van der Waals surface area (Å²) < 4.78 is 0. The fourth-order valence-electron chi connectivity index (χ4n) is 3.93. The number of aromatic nitrogens is 3. The van der Waals surface area contributed by atoms with Crippen molar-refractivity contribution in [2.24, 2.45) is 5.92 Å². The number of nitrogens with one attached hydrogen (secondary N) is 1. The molecule has 3 heterocycles. The number of benzene rings is 1. The molecular formula is C24H27N5O. The third-order valence-corrected chi connectivity index (χ3v) is 5.73. The predicted octanol–water partition coefficient (Wildman–Crippen LogP) is 4.48. The molecular weight excluding hydrogens is 374 g/mol. The maximum absolute atomic E-state index is 13.3. The zero-order valence-corrected chi connectivity index (χ0v) is 17.5. The Morgan fingerprint density at radius 3 is 2.57 bits per heavy atom. The summed E-state index contributed by atoms with van der Waals surface area (Å²) in [5, 5.41) is 3.13. The van der Waals surface area contributed by atoms with E-state index in [9.17, 15) is 4.79 Å². The van der Waals surface area contributed by atoms with Crippen LogP contribution < -0.4 is 10.2 Å². The van der Waals surface area contributed by atoms with Gasteiger partial charge >= 0.3 is 0 Å². The summed E-state index contributed by atoms with van der Waals surface area (Å²) in [6, 6.07) is 13.3. The van der Waals surface area contributed by atoms with Gasteiger partial charge in [0.05, 0.1) is 0 Å². The highest BCUT2D eigenvalue weighted by Crippen LogP contribution is 2.28. The molecule has 1 saturated heterocycles. The van der Waals surface area contributed by atoms with Gasteiger partial charge in [-0.05, 0) is 68.0 Å². The molecule has 1 N–H and O–H groups in total. The average molecular weight is 402 g/mol. The molecule has 1 aromatic carbocycles. The van der Waals surface area contributed by atoms with Crippen LogP contribution in [0, 0.1) is 12.8 Å². The molecule has 1 fully saturated rings. The van der Waals surface area contributed by atoms with E-state index in [1.807, 2.05) is 43.3 Å². The van der Waals surface area contributed by atoms with Gasteiger partial charge in [-0.1, -0.05) is 19.1 Å². The molecule has 0 bridgehead atoms. The third-order valence-electron chi connectivity index (χ3n) is 5.73. The summed E-state index contributed by atoms with van der Waals surface area (Å²) in [6.07, 6.45) is 8.13. The van der Waals surface area contributed by atoms with Crippen LogP contribution >= 0.6 is 0 Å². The fraction of sp³-hybridized carbons (Fsp3) is 0.333. The van der Waals surface area contributed by atoms with Gasteiger partial charge in [-0.2, -0.15) is 0 Å². The normalized spacial score (nSPS) is 19.2. The predicted molar refractivity (Wildman–Crippen MR) is 119 cm³/mol. The smallest absolute Gasteiger partial charge is 0.247 e. The summed E-state index contributed by atoms with van der Waals surface area (Å²) in [5.41, 5.74) is 2.74. The second-order valence-corrected chi connectivity index (χ2v) is 7.96. The number of carbonyl (C=O) groups is 1. The van der Waals surface area contributed by atoms with Crippen molar-refractivity contribution in [2.75, 3.05) is 16.8 Å². The molecule has 1 aliphatic rings. The first kappa shape index (κ1) is 20.0. The molecule has 2 atom stereocenters. The van der Waals surface area contributed by atoms with E-state index in [1.165, 1.54) is 0 Å². The molecule has 3 aromatic rings. The molecule has 0 saturated carbocycles. The number of hydrogen-bond donors (Lipinski definition) is 1. The minimum absolute atomic E-state index is 0.00136. The van der Waals surface area contributed by atoms with E-state index in [-0.39, 0.29) is 11.9 Å². The van der Waals surface area contributed by atoms with Crippen LogP contribution in [0.4, 0.5) is 11.5 Å². The lowest BCUT2D eigenvalue weighted by atomic mass is 10.0. The van der Waals surface area contributed by atoms with Crippen molar-refractivity contribution in [1.29, 1.82) is 0 Å². The number of amides is 1. The lowest BCUT2D eigenvalue weighted by molar-refractivity contribution is -0.117. The molecule has 6 heteroatoms. The SMILES string of the molecule is Cc1ccc(NC(=O)C2CC[C@@H](C)CCN2c2ccccn2)cc1-c1ncccn1. The second kappa shape index (κ2) is 9.03. The van der Waals surface area contributed by atoms with Gasteiger partial charge < -0.3 is 10.2 Å². The highest BCUT2D eigenvalue weighted by Gasteiger charge is 2.30. The molecule has 0 aliphatic carbocycles. The standard InChI is InChI=1S/C24H27N5O/c1-17-7-10-21(29(15-11-17)22-6-3-4-12-25-22)24(30)28-19-9-8-18(2)20(16-19)23-26-13-5-14-27-23/h3-6,8-9,12-14,16-17,21H,7,10-11,15H2,1-2H3,(H,28,30)/t17-,21?/m1/s1. The Morgan fingerprint density at radius 1 is 1.00 bits per heavy atom. The van der Waals surface area contributed by atoms with E-state index in [4.69, 9.17) is 0 Å². The Balaban J connectivity index is 1.58. The van der Waals surface area contributed by atoms with Crippen LogP contribution in [0.25, 0.3) is 11.4 Å². The number of nitrogens with zero attached hydrogens (tertiary/aromatic N) is 4. The topological polar surface area (TPSA) is 71.0 Å². The Bertz CT molecular complexity index is 993. The highest BCUT2D eigenvalue weighted by atomic mass is 16.2. The fourth-order valence-corrected chi connectivity index (χ4v) is 3.93. The molecule has 30 heavy (non-hydrogen) atoms. The van der Waals surface area contributed by atoms with Crippen LogP contribution in [-0.2, 0) is 4.79 Å². The lowest BCUT2D eigenvalue weighted by Crippen LogP contribution is -2.44. The minimum Gasteiger partial charge on any atom is -0.345 e. The number of aryl methyl sites for hydroxylation is 1. The van der Waals surface area contributed by atoms with Gasteiger partial charge in [-0.3, -0.25) is 4.79 Å². The van der Waals surface area contributed by atoms with Crippen molar-refractivity contribution in [1.82, 2.24) is 15.0 Å². The molecule has 4 rings (SSSR count). The van der Waals surface area contributed by atoms with Crippen LogP contribution in [0.3, 0.4) is 0 Å².